The maximum atomic E-state index is 13.2. The lowest BCUT2D eigenvalue weighted by molar-refractivity contribution is -0.122. The molecule has 0 unspecified atom stereocenters. The van der Waals surface area contributed by atoms with Crippen LogP contribution in [0.15, 0.2) is 58.3 Å². The van der Waals surface area contributed by atoms with Crippen molar-refractivity contribution in [2.24, 2.45) is 5.73 Å². The number of carbonyl (C=O) groups excluding carboxylic acids is 1. The van der Waals surface area contributed by atoms with Crippen LogP contribution in [0.25, 0.3) is 0 Å². The van der Waals surface area contributed by atoms with Crippen LogP contribution in [-0.4, -0.2) is 39.1 Å². The molecule has 1 aliphatic carbocycles. The van der Waals surface area contributed by atoms with Crippen LogP contribution in [0.5, 0.6) is 0 Å². The molecule has 0 saturated heterocycles. The number of rotatable bonds is 6. The standard InChI is InChI=1S/C19H21N3O5S2/c20-19(23)18-11-13-3-1-2-4-14(13)12-22(18)29(26,27)17-9-7-16(8-10-17)28(24,25)21-15-5-6-15/h1-4,7-10,15,18,21H,5-6,11-12H2,(H2,20,23)/t18-/m0/s1. The Hall–Kier alpha value is -2.27. The highest BCUT2D eigenvalue weighted by Gasteiger charge is 2.38. The van der Waals surface area contributed by atoms with E-state index < -0.39 is 32.0 Å². The summed E-state index contributed by atoms with van der Waals surface area (Å²) < 4.78 is 54.7. The molecule has 10 heteroatoms. The molecule has 1 aliphatic heterocycles. The van der Waals surface area contributed by atoms with Gasteiger partial charge in [0.25, 0.3) is 0 Å². The summed E-state index contributed by atoms with van der Waals surface area (Å²) in [4.78, 5) is 11.9. The van der Waals surface area contributed by atoms with Gasteiger partial charge in [0.1, 0.15) is 6.04 Å². The fourth-order valence-electron chi connectivity index (χ4n) is 3.41. The van der Waals surface area contributed by atoms with Gasteiger partial charge in [-0.05, 0) is 54.7 Å². The normalized spacial score (nSPS) is 20.2. The highest BCUT2D eigenvalue weighted by Crippen LogP contribution is 2.30. The van der Waals surface area contributed by atoms with Crippen molar-refractivity contribution >= 4 is 26.0 Å². The number of carbonyl (C=O) groups is 1. The second-order valence-corrected chi connectivity index (χ2v) is 10.9. The van der Waals surface area contributed by atoms with E-state index in [2.05, 4.69) is 4.72 Å². The molecule has 2 aromatic carbocycles. The first-order valence-corrected chi connectivity index (χ1v) is 12.1. The average Bonchev–Trinajstić information content (AvgIpc) is 3.50. The Bertz CT molecular complexity index is 1160. The molecule has 1 heterocycles. The molecule has 0 bridgehead atoms. The molecule has 0 aromatic heterocycles. The third kappa shape index (κ3) is 3.93. The molecule has 3 N–H and O–H groups in total. The third-order valence-corrected chi connectivity index (χ3v) is 8.58. The number of hydrogen-bond acceptors (Lipinski definition) is 5. The summed E-state index contributed by atoms with van der Waals surface area (Å²) in [7, 11) is -7.74. The summed E-state index contributed by atoms with van der Waals surface area (Å²) in [6.45, 7) is 0.0232. The van der Waals surface area contributed by atoms with Gasteiger partial charge in [0.2, 0.25) is 26.0 Å². The van der Waals surface area contributed by atoms with Gasteiger partial charge in [-0.15, -0.1) is 0 Å². The third-order valence-electron chi connectivity index (χ3n) is 5.17. The molecule has 8 nitrogen and oxygen atoms in total. The molecule has 2 aliphatic rings. The fraction of sp³-hybridized carbons (Fsp3) is 0.316. The Morgan fingerprint density at radius 2 is 1.52 bits per heavy atom. The minimum Gasteiger partial charge on any atom is -0.368 e. The Balaban J connectivity index is 1.65. The van der Waals surface area contributed by atoms with Crippen molar-refractivity contribution in [1.82, 2.24) is 9.03 Å². The molecule has 1 atom stereocenters. The van der Waals surface area contributed by atoms with E-state index in [1.807, 2.05) is 18.2 Å². The minimum absolute atomic E-state index is 0.00112. The van der Waals surface area contributed by atoms with Crippen LogP contribution in [0.4, 0.5) is 0 Å². The highest BCUT2D eigenvalue weighted by molar-refractivity contribution is 7.89. The Morgan fingerprint density at radius 3 is 2.10 bits per heavy atom. The largest absolute Gasteiger partial charge is 0.368 e. The van der Waals surface area contributed by atoms with Gasteiger partial charge in [-0.2, -0.15) is 4.31 Å². The Morgan fingerprint density at radius 1 is 0.931 bits per heavy atom. The van der Waals surface area contributed by atoms with Crippen molar-refractivity contribution in [2.75, 3.05) is 0 Å². The minimum atomic E-state index is -4.05. The summed E-state index contributed by atoms with van der Waals surface area (Å²) in [5.74, 6) is -0.726. The van der Waals surface area contributed by atoms with E-state index in [4.69, 9.17) is 5.73 Å². The van der Waals surface area contributed by atoms with Crippen molar-refractivity contribution in [2.45, 2.75) is 47.7 Å². The number of hydrogen-bond donors (Lipinski definition) is 2. The predicted octanol–water partition coefficient (Wildman–Crippen LogP) is 0.728. The molecule has 4 rings (SSSR count). The Labute approximate surface area is 169 Å². The zero-order chi connectivity index (χ0) is 20.8. The second-order valence-electron chi connectivity index (χ2n) is 7.31. The van der Waals surface area contributed by atoms with Gasteiger partial charge in [-0.3, -0.25) is 4.79 Å². The second kappa shape index (κ2) is 7.21. The van der Waals surface area contributed by atoms with Crippen LogP contribution < -0.4 is 10.5 Å². The zero-order valence-corrected chi connectivity index (χ0v) is 17.1. The first-order chi connectivity index (χ1) is 13.7. The molecule has 29 heavy (non-hydrogen) atoms. The van der Waals surface area contributed by atoms with Crippen LogP contribution in [0.3, 0.4) is 0 Å². The Kier molecular flexibility index (Phi) is 4.97. The van der Waals surface area contributed by atoms with Crippen molar-refractivity contribution in [3.8, 4) is 0 Å². The van der Waals surface area contributed by atoms with Crippen molar-refractivity contribution in [1.29, 1.82) is 0 Å². The first-order valence-electron chi connectivity index (χ1n) is 9.19. The number of benzene rings is 2. The van der Waals surface area contributed by atoms with Crippen LogP contribution in [0.2, 0.25) is 0 Å². The van der Waals surface area contributed by atoms with Crippen LogP contribution >= 0.6 is 0 Å². The number of nitrogens with one attached hydrogen (secondary N) is 1. The molecular formula is C19H21N3O5S2. The number of sulfonamides is 2. The molecule has 2 aromatic rings. The van der Waals surface area contributed by atoms with E-state index in [9.17, 15) is 21.6 Å². The van der Waals surface area contributed by atoms with Crippen molar-refractivity contribution < 1.29 is 21.6 Å². The molecular weight excluding hydrogens is 414 g/mol. The predicted molar refractivity (Wildman–Crippen MR) is 106 cm³/mol. The van der Waals surface area contributed by atoms with Gasteiger partial charge in [0, 0.05) is 12.6 Å². The van der Waals surface area contributed by atoms with Crippen LogP contribution in [0.1, 0.15) is 24.0 Å². The molecule has 1 amide bonds. The van der Waals surface area contributed by atoms with E-state index in [0.29, 0.717) is 0 Å². The smallest absolute Gasteiger partial charge is 0.244 e. The fourth-order valence-corrected chi connectivity index (χ4v) is 6.29. The maximum Gasteiger partial charge on any atom is 0.244 e. The van der Waals surface area contributed by atoms with Gasteiger partial charge >= 0.3 is 0 Å². The maximum absolute atomic E-state index is 13.2. The van der Waals surface area contributed by atoms with Gasteiger partial charge in [0.05, 0.1) is 9.79 Å². The first kappa shape index (κ1) is 20.0. The summed E-state index contributed by atoms with van der Waals surface area (Å²) in [5.41, 5.74) is 7.18. The van der Waals surface area contributed by atoms with E-state index in [0.717, 1.165) is 28.3 Å². The highest BCUT2D eigenvalue weighted by atomic mass is 32.2. The summed E-state index contributed by atoms with van der Waals surface area (Å²) in [5, 5.41) is 0. The average molecular weight is 436 g/mol. The lowest BCUT2D eigenvalue weighted by atomic mass is 9.96. The number of primary amides is 1. The molecule has 1 saturated carbocycles. The van der Waals surface area contributed by atoms with E-state index in [1.54, 1.807) is 6.07 Å². The SMILES string of the molecule is NC(=O)[C@@H]1Cc2ccccc2CN1S(=O)(=O)c1ccc(S(=O)(=O)NC2CC2)cc1. The topological polar surface area (TPSA) is 127 Å². The van der Waals surface area contributed by atoms with E-state index in [-0.39, 0.29) is 28.8 Å². The number of fused-ring (bicyclic) bond motifs is 1. The zero-order valence-electron chi connectivity index (χ0n) is 15.5. The summed E-state index contributed by atoms with van der Waals surface area (Å²) in [6, 6.07) is 11.3. The van der Waals surface area contributed by atoms with Gasteiger partial charge < -0.3 is 5.73 Å². The van der Waals surface area contributed by atoms with Crippen molar-refractivity contribution in [3.05, 3.63) is 59.7 Å². The summed E-state index contributed by atoms with van der Waals surface area (Å²) in [6.07, 6.45) is 1.80. The molecule has 0 spiro atoms. The lowest BCUT2D eigenvalue weighted by Gasteiger charge is -2.34. The van der Waals surface area contributed by atoms with Gasteiger partial charge in [-0.1, -0.05) is 24.3 Å². The quantitative estimate of drug-likeness (QED) is 0.692. The number of nitrogens with zero attached hydrogens (tertiary/aromatic N) is 1. The number of nitrogens with two attached hydrogens (primary N) is 1. The van der Waals surface area contributed by atoms with Gasteiger partial charge in [-0.25, -0.2) is 21.6 Å². The van der Waals surface area contributed by atoms with Crippen LogP contribution in [0, 0.1) is 0 Å². The number of amides is 1. The summed E-state index contributed by atoms with van der Waals surface area (Å²) >= 11 is 0. The molecule has 1 fully saturated rings. The lowest BCUT2D eigenvalue weighted by Crippen LogP contribution is -2.51. The molecule has 154 valence electrons. The van der Waals surface area contributed by atoms with E-state index >= 15 is 0 Å². The van der Waals surface area contributed by atoms with E-state index in [1.165, 1.54) is 24.3 Å². The van der Waals surface area contributed by atoms with Gasteiger partial charge in [0.15, 0.2) is 0 Å². The molecule has 0 radical (unpaired) electrons. The van der Waals surface area contributed by atoms with Crippen LogP contribution in [-0.2, 0) is 37.8 Å². The van der Waals surface area contributed by atoms with Crippen molar-refractivity contribution in [3.63, 3.8) is 0 Å². The monoisotopic (exact) mass is 435 g/mol.